The molecule has 1 amide bonds. The first-order valence-corrected chi connectivity index (χ1v) is 10.8. The molecule has 152 valence electrons. The van der Waals surface area contributed by atoms with Crippen molar-refractivity contribution in [3.63, 3.8) is 0 Å². The number of halogens is 2. The summed E-state index contributed by atoms with van der Waals surface area (Å²) in [6.45, 7) is 7.84. The minimum absolute atomic E-state index is 0.154. The molecule has 2 aliphatic rings. The third-order valence-corrected chi connectivity index (χ3v) is 6.57. The summed E-state index contributed by atoms with van der Waals surface area (Å²) in [7, 11) is 0. The van der Waals surface area contributed by atoms with Gasteiger partial charge < -0.3 is 4.90 Å². The molecular weight excluding hydrogens is 403 g/mol. The molecule has 0 bridgehead atoms. The van der Waals surface area contributed by atoms with Crippen LogP contribution in [0.1, 0.15) is 44.7 Å². The molecule has 0 radical (unpaired) electrons. The van der Waals surface area contributed by atoms with Crippen LogP contribution in [0.15, 0.2) is 48.5 Å². The molecule has 5 heteroatoms. The van der Waals surface area contributed by atoms with Crippen molar-refractivity contribution in [2.24, 2.45) is 0 Å². The smallest absolute Gasteiger partial charge is 0.245 e. The lowest BCUT2D eigenvalue weighted by Crippen LogP contribution is -2.55. The highest BCUT2D eigenvalue weighted by atomic mass is 35.5. The Kier molecular flexibility index (Phi) is 5.50. The number of carbonyl (C=O) groups is 1. The maximum absolute atomic E-state index is 13.8. The maximum Gasteiger partial charge on any atom is 0.245 e. The Balaban J connectivity index is 1.65. The molecule has 0 unspecified atom stereocenters. The summed E-state index contributed by atoms with van der Waals surface area (Å²) in [6.07, 6.45) is 4.05. The minimum atomic E-state index is -0.377. The molecule has 3 nitrogen and oxygen atoms in total. The van der Waals surface area contributed by atoms with E-state index in [0.29, 0.717) is 16.6 Å². The molecule has 1 saturated heterocycles. The Morgan fingerprint density at radius 3 is 2.72 bits per heavy atom. The summed E-state index contributed by atoms with van der Waals surface area (Å²) in [5, 5.41) is 1.35. The molecule has 2 aliphatic heterocycles. The van der Waals surface area contributed by atoms with E-state index < -0.39 is 0 Å². The highest BCUT2D eigenvalue weighted by Crippen LogP contribution is 2.40. The minimum Gasteiger partial charge on any atom is -0.301 e. The molecule has 2 aromatic carbocycles. The first-order chi connectivity index (χ1) is 13.8. The normalized spacial score (nSPS) is 21.1. The molecule has 0 aliphatic carbocycles. The summed E-state index contributed by atoms with van der Waals surface area (Å²) in [4.78, 5) is 18.1. The van der Waals surface area contributed by atoms with Crippen LogP contribution in [0.5, 0.6) is 0 Å². The molecule has 4 rings (SSSR count). The largest absolute Gasteiger partial charge is 0.301 e. The van der Waals surface area contributed by atoms with Crippen LogP contribution < -0.4 is 4.90 Å². The number of allylic oxidation sites excluding steroid dienone is 1. The first kappa shape index (κ1) is 20.5. The lowest BCUT2D eigenvalue weighted by atomic mass is 9.88. The lowest BCUT2D eigenvalue weighted by molar-refractivity contribution is -0.123. The number of fused-ring (bicyclic) bond motifs is 1. The Bertz CT molecular complexity index is 983. The van der Waals surface area contributed by atoms with Crippen molar-refractivity contribution >= 4 is 40.4 Å². The van der Waals surface area contributed by atoms with Gasteiger partial charge in [-0.1, -0.05) is 47.5 Å². The van der Waals surface area contributed by atoms with E-state index in [-0.39, 0.29) is 17.5 Å². The third-order valence-electron chi connectivity index (χ3n) is 5.97. The number of rotatable bonds is 3. The van der Waals surface area contributed by atoms with Gasteiger partial charge in [0.2, 0.25) is 5.91 Å². The zero-order valence-electron chi connectivity index (χ0n) is 17.1. The van der Waals surface area contributed by atoms with Crippen LogP contribution in [0.4, 0.5) is 5.69 Å². The molecule has 1 fully saturated rings. The Hall–Kier alpha value is -1.81. The molecule has 0 N–H and O–H groups in total. The fourth-order valence-corrected chi connectivity index (χ4v) is 5.09. The fraction of sp³-hybridized carbons (Fsp3) is 0.375. The quantitative estimate of drug-likeness (QED) is 0.581. The van der Waals surface area contributed by atoms with Gasteiger partial charge in [0, 0.05) is 22.2 Å². The predicted molar refractivity (Wildman–Crippen MR) is 122 cm³/mol. The maximum atomic E-state index is 13.8. The highest BCUT2D eigenvalue weighted by molar-refractivity contribution is 6.33. The van der Waals surface area contributed by atoms with E-state index in [9.17, 15) is 4.79 Å². The SMILES string of the molecule is CC1=CC(C)(C)N(C(=O)[C@@H]2CCCN2Cc2cc(Cl)ccc2Cl)c2ccccc21. The van der Waals surface area contributed by atoms with Gasteiger partial charge in [-0.3, -0.25) is 9.69 Å². The van der Waals surface area contributed by atoms with Gasteiger partial charge in [-0.2, -0.15) is 0 Å². The Morgan fingerprint density at radius 2 is 1.93 bits per heavy atom. The summed E-state index contributed by atoms with van der Waals surface area (Å²) in [5.74, 6) is 0.154. The molecular formula is C24H26Cl2N2O. The van der Waals surface area contributed by atoms with Crippen LogP contribution in [-0.2, 0) is 11.3 Å². The topological polar surface area (TPSA) is 23.6 Å². The summed E-state index contributed by atoms with van der Waals surface area (Å²) in [5.41, 5.74) is 3.92. The van der Waals surface area contributed by atoms with Crippen LogP contribution in [-0.4, -0.2) is 28.9 Å². The molecule has 0 spiro atoms. The molecule has 0 aromatic heterocycles. The Morgan fingerprint density at radius 1 is 1.17 bits per heavy atom. The molecule has 1 atom stereocenters. The van der Waals surface area contributed by atoms with Crippen LogP contribution in [0, 0.1) is 0 Å². The van der Waals surface area contributed by atoms with Gasteiger partial charge in [-0.05, 0) is 75.6 Å². The predicted octanol–water partition coefficient (Wildman–Crippen LogP) is 6.19. The number of para-hydroxylation sites is 1. The number of nitrogens with zero attached hydrogens (tertiary/aromatic N) is 2. The second-order valence-electron chi connectivity index (χ2n) is 8.54. The molecule has 2 aromatic rings. The fourth-order valence-electron chi connectivity index (χ4n) is 4.71. The molecule has 2 heterocycles. The van der Waals surface area contributed by atoms with Gasteiger partial charge >= 0.3 is 0 Å². The lowest BCUT2D eigenvalue weighted by Gasteiger charge is -2.43. The van der Waals surface area contributed by atoms with Crippen molar-refractivity contribution in [2.75, 3.05) is 11.4 Å². The molecule has 0 saturated carbocycles. The average Bonchev–Trinajstić information content (AvgIpc) is 3.12. The zero-order valence-corrected chi connectivity index (χ0v) is 18.6. The zero-order chi connectivity index (χ0) is 20.8. The first-order valence-electron chi connectivity index (χ1n) is 10.1. The van der Waals surface area contributed by atoms with Crippen molar-refractivity contribution < 1.29 is 4.79 Å². The summed E-state index contributed by atoms with van der Waals surface area (Å²) in [6, 6.07) is 13.5. The van der Waals surface area contributed by atoms with Gasteiger partial charge in [0.15, 0.2) is 0 Å². The monoisotopic (exact) mass is 428 g/mol. The van der Waals surface area contributed by atoms with Gasteiger partial charge in [-0.25, -0.2) is 0 Å². The van der Waals surface area contributed by atoms with Gasteiger partial charge in [0.1, 0.15) is 0 Å². The number of benzene rings is 2. The van der Waals surface area contributed by atoms with Crippen LogP contribution in [0.2, 0.25) is 10.0 Å². The van der Waals surface area contributed by atoms with Crippen molar-refractivity contribution in [1.82, 2.24) is 4.90 Å². The number of hydrogen-bond donors (Lipinski definition) is 0. The summed E-state index contributed by atoms with van der Waals surface area (Å²) < 4.78 is 0. The van der Waals surface area contributed by atoms with E-state index in [4.69, 9.17) is 23.2 Å². The summed E-state index contributed by atoms with van der Waals surface area (Å²) >= 11 is 12.6. The van der Waals surface area contributed by atoms with Crippen LogP contribution in [0.25, 0.3) is 5.57 Å². The molecule has 29 heavy (non-hydrogen) atoms. The van der Waals surface area contributed by atoms with Crippen molar-refractivity contribution in [3.05, 3.63) is 69.7 Å². The second-order valence-corrected chi connectivity index (χ2v) is 9.38. The number of likely N-dealkylation sites (tertiary alicyclic amines) is 1. The van der Waals surface area contributed by atoms with E-state index in [1.807, 2.05) is 29.2 Å². The second kappa shape index (κ2) is 7.79. The van der Waals surface area contributed by atoms with Crippen molar-refractivity contribution in [2.45, 2.75) is 51.7 Å². The third kappa shape index (κ3) is 3.84. The van der Waals surface area contributed by atoms with Crippen LogP contribution >= 0.6 is 23.2 Å². The number of carbonyl (C=O) groups excluding carboxylic acids is 1. The van der Waals surface area contributed by atoms with Gasteiger partial charge in [-0.15, -0.1) is 0 Å². The number of hydrogen-bond acceptors (Lipinski definition) is 2. The standard InChI is InChI=1S/C24H26Cl2N2O/c1-16-14-24(2,3)28(21-8-5-4-7-19(16)21)23(29)22-9-6-12-27(22)15-17-13-18(25)10-11-20(17)26/h4-5,7-8,10-11,13-14,22H,6,9,12,15H2,1-3H3/t22-/m0/s1. The van der Waals surface area contributed by atoms with Crippen molar-refractivity contribution in [1.29, 1.82) is 0 Å². The Labute approximate surface area is 182 Å². The van der Waals surface area contributed by atoms with Crippen molar-refractivity contribution in [3.8, 4) is 0 Å². The number of anilines is 1. The van der Waals surface area contributed by atoms with Gasteiger partial charge in [0.25, 0.3) is 0 Å². The van der Waals surface area contributed by atoms with E-state index in [1.54, 1.807) is 6.07 Å². The highest BCUT2D eigenvalue weighted by Gasteiger charge is 2.41. The average molecular weight is 429 g/mol. The van der Waals surface area contributed by atoms with E-state index >= 15 is 0 Å². The van der Waals surface area contributed by atoms with Gasteiger partial charge in [0.05, 0.1) is 17.3 Å². The van der Waals surface area contributed by atoms with E-state index in [1.165, 1.54) is 5.57 Å². The van der Waals surface area contributed by atoms with E-state index in [2.05, 4.69) is 43.9 Å². The number of amides is 1. The van der Waals surface area contributed by atoms with Crippen LogP contribution in [0.3, 0.4) is 0 Å². The van der Waals surface area contributed by atoms with E-state index in [0.717, 1.165) is 36.2 Å².